The Labute approximate surface area is 126 Å². The average Bonchev–Trinajstić information content (AvgIpc) is 2.35. The van der Waals surface area contributed by atoms with E-state index in [0.29, 0.717) is 23.0 Å². The molecule has 5 heteroatoms. The summed E-state index contributed by atoms with van der Waals surface area (Å²) in [5.74, 6) is 0.493. The molecule has 0 radical (unpaired) electrons. The van der Waals surface area contributed by atoms with Crippen LogP contribution in [0.15, 0.2) is 18.2 Å². The molecule has 18 heavy (non-hydrogen) atoms. The van der Waals surface area contributed by atoms with Crippen LogP contribution < -0.4 is 10.6 Å². The highest BCUT2D eigenvalue weighted by Crippen LogP contribution is 2.24. The SMILES string of the molecule is O=C(CC1CCCNC1)Nc1cc(I)ccc1Cl. The standard InChI is InChI=1S/C13H16ClIN2O/c14-11-4-3-10(15)7-12(11)17-13(18)6-9-2-1-5-16-8-9/h3-4,7,9,16H,1-2,5-6,8H2,(H,17,18). The third-order valence-corrected chi connectivity index (χ3v) is 4.08. The summed E-state index contributed by atoms with van der Waals surface area (Å²) >= 11 is 8.26. The average molecular weight is 379 g/mol. The smallest absolute Gasteiger partial charge is 0.224 e. The Bertz CT molecular complexity index is 433. The number of rotatable bonds is 3. The molecule has 1 aromatic rings. The van der Waals surface area contributed by atoms with Crippen molar-refractivity contribution in [3.63, 3.8) is 0 Å². The van der Waals surface area contributed by atoms with Gasteiger partial charge in [0, 0.05) is 9.99 Å². The van der Waals surface area contributed by atoms with Crippen molar-refractivity contribution in [3.8, 4) is 0 Å². The van der Waals surface area contributed by atoms with Crippen molar-refractivity contribution in [2.24, 2.45) is 5.92 Å². The lowest BCUT2D eigenvalue weighted by molar-refractivity contribution is -0.117. The fraction of sp³-hybridized carbons (Fsp3) is 0.462. The van der Waals surface area contributed by atoms with E-state index >= 15 is 0 Å². The molecule has 0 bridgehead atoms. The number of carbonyl (C=O) groups is 1. The van der Waals surface area contributed by atoms with Gasteiger partial charge in [0.2, 0.25) is 5.91 Å². The van der Waals surface area contributed by atoms with Gasteiger partial charge in [-0.1, -0.05) is 11.6 Å². The lowest BCUT2D eigenvalue weighted by Gasteiger charge is -2.22. The molecule has 1 atom stereocenters. The van der Waals surface area contributed by atoms with E-state index in [1.165, 1.54) is 0 Å². The quantitative estimate of drug-likeness (QED) is 0.793. The summed E-state index contributed by atoms with van der Waals surface area (Å²) < 4.78 is 1.06. The molecular formula is C13H16ClIN2O. The fourth-order valence-corrected chi connectivity index (χ4v) is 2.81. The van der Waals surface area contributed by atoms with Crippen LogP contribution in [-0.2, 0) is 4.79 Å². The largest absolute Gasteiger partial charge is 0.325 e. The molecule has 1 fully saturated rings. The minimum atomic E-state index is 0.0487. The highest BCUT2D eigenvalue weighted by atomic mass is 127. The van der Waals surface area contributed by atoms with E-state index in [0.717, 1.165) is 29.5 Å². The number of hydrogen-bond donors (Lipinski definition) is 2. The zero-order chi connectivity index (χ0) is 13.0. The van der Waals surface area contributed by atoms with Gasteiger partial charge in [-0.05, 0) is 72.6 Å². The summed E-state index contributed by atoms with van der Waals surface area (Å²) in [5, 5.41) is 6.80. The van der Waals surface area contributed by atoms with Gasteiger partial charge in [-0.15, -0.1) is 0 Å². The fourth-order valence-electron chi connectivity index (χ4n) is 2.15. The number of nitrogens with one attached hydrogen (secondary N) is 2. The van der Waals surface area contributed by atoms with E-state index < -0.39 is 0 Å². The second-order valence-corrected chi connectivity index (χ2v) is 6.24. The van der Waals surface area contributed by atoms with Crippen LogP contribution in [0.2, 0.25) is 5.02 Å². The first-order valence-corrected chi connectivity index (χ1v) is 7.56. The molecule has 0 aromatic heterocycles. The van der Waals surface area contributed by atoms with Gasteiger partial charge in [0.25, 0.3) is 0 Å². The number of amides is 1. The maximum Gasteiger partial charge on any atom is 0.224 e. The number of carbonyl (C=O) groups excluding carboxylic acids is 1. The second-order valence-electron chi connectivity index (χ2n) is 4.59. The Morgan fingerprint density at radius 2 is 2.39 bits per heavy atom. The number of piperidine rings is 1. The molecule has 0 saturated carbocycles. The van der Waals surface area contributed by atoms with E-state index in [1.54, 1.807) is 6.07 Å². The number of benzene rings is 1. The van der Waals surface area contributed by atoms with Gasteiger partial charge in [-0.25, -0.2) is 0 Å². The third-order valence-electron chi connectivity index (χ3n) is 3.08. The molecule has 1 heterocycles. The molecule has 0 spiro atoms. The maximum atomic E-state index is 11.9. The van der Waals surface area contributed by atoms with Gasteiger partial charge < -0.3 is 10.6 Å². The lowest BCUT2D eigenvalue weighted by Crippen LogP contribution is -2.32. The first-order valence-electron chi connectivity index (χ1n) is 6.11. The van der Waals surface area contributed by atoms with Crippen LogP contribution in [0.1, 0.15) is 19.3 Å². The molecule has 0 aliphatic carbocycles. The predicted octanol–water partition coefficient (Wildman–Crippen LogP) is 3.27. The van der Waals surface area contributed by atoms with Crippen LogP contribution in [0, 0.1) is 9.49 Å². The number of hydrogen-bond acceptors (Lipinski definition) is 2. The van der Waals surface area contributed by atoms with Crippen molar-refractivity contribution in [2.75, 3.05) is 18.4 Å². The van der Waals surface area contributed by atoms with Crippen LogP contribution in [0.3, 0.4) is 0 Å². The van der Waals surface area contributed by atoms with Gasteiger partial charge in [0.05, 0.1) is 10.7 Å². The highest BCUT2D eigenvalue weighted by Gasteiger charge is 2.17. The van der Waals surface area contributed by atoms with Crippen LogP contribution >= 0.6 is 34.2 Å². The summed E-state index contributed by atoms with van der Waals surface area (Å²) in [7, 11) is 0. The molecule has 2 rings (SSSR count). The van der Waals surface area contributed by atoms with Crippen molar-refractivity contribution < 1.29 is 4.79 Å². The Morgan fingerprint density at radius 3 is 3.11 bits per heavy atom. The topological polar surface area (TPSA) is 41.1 Å². The minimum absolute atomic E-state index is 0.0487. The highest BCUT2D eigenvalue weighted by molar-refractivity contribution is 14.1. The first kappa shape index (κ1) is 14.1. The van der Waals surface area contributed by atoms with Gasteiger partial charge >= 0.3 is 0 Å². The molecule has 98 valence electrons. The van der Waals surface area contributed by atoms with Gasteiger partial charge in [0.15, 0.2) is 0 Å². The van der Waals surface area contributed by atoms with Gasteiger partial charge in [-0.2, -0.15) is 0 Å². The Kier molecular flexibility index (Phi) is 5.26. The zero-order valence-electron chi connectivity index (χ0n) is 10.0. The zero-order valence-corrected chi connectivity index (χ0v) is 12.9. The molecule has 1 amide bonds. The molecule has 3 nitrogen and oxygen atoms in total. The third kappa shape index (κ3) is 4.10. The summed E-state index contributed by atoms with van der Waals surface area (Å²) in [6.07, 6.45) is 2.84. The summed E-state index contributed by atoms with van der Waals surface area (Å²) in [4.78, 5) is 11.9. The second kappa shape index (κ2) is 6.73. The van der Waals surface area contributed by atoms with E-state index in [9.17, 15) is 4.79 Å². The number of anilines is 1. The van der Waals surface area contributed by atoms with Crippen LogP contribution in [0.25, 0.3) is 0 Å². The van der Waals surface area contributed by atoms with Crippen LogP contribution in [-0.4, -0.2) is 19.0 Å². The van der Waals surface area contributed by atoms with Crippen molar-refractivity contribution in [1.29, 1.82) is 0 Å². The summed E-state index contributed by atoms with van der Waals surface area (Å²) in [6, 6.07) is 5.62. The molecule has 1 saturated heterocycles. The maximum absolute atomic E-state index is 11.9. The summed E-state index contributed by atoms with van der Waals surface area (Å²) in [5.41, 5.74) is 0.706. The van der Waals surface area contributed by atoms with E-state index in [2.05, 4.69) is 33.2 Å². The minimum Gasteiger partial charge on any atom is -0.325 e. The monoisotopic (exact) mass is 378 g/mol. The summed E-state index contributed by atoms with van der Waals surface area (Å²) in [6.45, 7) is 2.01. The molecule has 2 N–H and O–H groups in total. The first-order chi connectivity index (χ1) is 8.65. The molecule has 1 unspecified atom stereocenters. The van der Waals surface area contributed by atoms with Crippen molar-refractivity contribution in [1.82, 2.24) is 5.32 Å². The number of halogens is 2. The molecular weight excluding hydrogens is 363 g/mol. The molecule has 1 aliphatic heterocycles. The normalized spacial score (nSPS) is 19.6. The predicted molar refractivity (Wildman–Crippen MR) is 83.0 cm³/mol. The lowest BCUT2D eigenvalue weighted by atomic mass is 9.96. The van der Waals surface area contributed by atoms with Gasteiger partial charge in [0.1, 0.15) is 0 Å². The van der Waals surface area contributed by atoms with Crippen molar-refractivity contribution in [3.05, 3.63) is 26.8 Å². The van der Waals surface area contributed by atoms with Crippen LogP contribution in [0.5, 0.6) is 0 Å². The van der Waals surface area contributed by atoms with E-state index in [1.807, 2.05) is 12.1 Å². The Morgan fingerprint density at radius 1 is 1.56 bits per heavy atom. The Hall–Kier alpha value is -0.330. The van der Waals surface area contributed by atoms with Gasteiger partial charge in [-0.3, -0.25) is 4.79 Å². The van der Waals surface area contributed by atoms with E-state index in [-0.39, 0.29) is 5.91 Å². The van der Waals surface area contributed by atoms with Crippen molar-refractivity contribution in [2.45, 2.75) is 19.3 Å². The molecule has 1 aromatic carbocycles. The van der Waals surface area contributed by atoms with Crippen LogP contribution in [0.4, 0.5) is 5.69 Å². The molecule has 1 aliphatic rings. The Balaban J connectivity index is 1.92. The van der Waals surface area contributed by atoms with Crippen molar-refractivity contribution >= 4 is 45.8 Å². The van der Waals surface area contributed by atoms with E-state index in [4.69, 9.17) is 11.6 Å².